The number of rotatable bonds is 7. The maximum atomic E-state index is 12.0. The lowest BCUT2D eigenvalue weighted by atomic mass is 10.2. The molecule has 1 aliphatic heterocycles. The smallest absolute Gasteiger partial charge is 0.238 e. The molecule has 2 rings (SSSR count). The van der Waals surface area contributed by atoms with Crippen molar-refractivity contribution in [3.63, 3.8) is 0 Å². The van der Waals surface area contributed by atoms with Gasteiger partial charge >= 0.3 is 0 Å². The number of carbonyl (C=O) groups excluding carboxylic acids is 2. The highest BCUT2D eigenvalue weighted by Gasteiger charge is 2.17. The number of hydrogen-bond acceptors (Lipinski definition) is 4. The van der Waals surface area contributed by atoms with Crippen LogP contribution in [-0.4, -0.2) is 56.1 Å². The fourth-order valence-electron chi connectivity index (χ4n) is 2.47. The molecule has 6 nitrogen and oxygen atoms in total. The highest BCUT2D eigenvalue weighted by Crippen LogP contribution is 2.10. The first-order valence-electron chi connectivity index (χ1n) is 7.96. The van der Waals surface area contributed by atoms with Crippen LogP contribution in [0.3, 0.4) is 0 Å². The van der Waals surface area contributed by atoms with Gasteiger partial charge in [0, 0.05) is 18.8 Å². The van der Waals surface area contributed by atoms with Crippen LogP contribution in [0.2, 0.25) is 0 Å². The SMILES string of the molecule is Cc1ccc(NC(=O)CN(C)CC(=O)NC[C@H]2CCCO2)cc1. The first-order chi connectivity index (χ1) is 11.0. The summed E-state index contributed by atoms with van der Waals surface area (Å²) in [5, 5.41) is 5.67. The number of carbonyl (C=O) groups is 2. The first-order valence-corrected chi connectivity index (χ1v) is 7.96. The van der Waals surface area contributed by atoms with Crippen molar-refractivity contribution in [2.75, 3.05) is 38.6 Å². The van der Waals surface area contributed by atoms with Gasteiger partial charge < -0.3 is 15.4 Å². The number of amides is 2. The number of anilines is 1. The van der Waals surface area contributed by atoms with Crippen LogP contribution in [0.25, 0.3) is 0 Å². The minimum absolute atomic E-state index is 0.0915. The lowest BCUT2D eigenvalue weighted by Crippen LogP contribution is -2.41. The molecule has 1 aromatic rings. The second-order valence-electron chi connectivity index (χ2n) is 6.03. The zero-order chi connectivity index (χ0) is 16.7. The molecule has 1 fully saturated rings. The summed E-state index contributed by atoms with van der Waals surface area (Å²) in [4.78, 5) is 25.5. The number of aryl methyl sites for hydroxylation is 1. The van der Waals surface area contributed by atoms with Gasteiger partial charge in [-0.25, -0.2) is 0 Å². The summed E-state index contributed by atoms with van der Waals surface area (Å²) >= 11 is 0. The van der Waals surface area contributed by atoms with Crippen molar-refractivity contribution in [2.24, 2.45) is 0 Å². The summed E-state index contributed by atoms with van der Waals surface area (Å²) in [6.07, 6.45) is 2.18. The predicted molar refractivity (Wildman–Crippen MR) is 89.3 cm³/mol. The summed E-state index contributed by atoms with van der Waals surface area (Å²) in [6, 6.07) is 7.61. The summed E-state index contributed by atoms with van der Waals surface area (Å²) in [5.41, 5.74) is 1.90. The van der Waals surface area contributed by atoms with Crippen LogP contribution in [0.1, 0.15) is 18.4 Å². The quantitative estimate of drug-likeness (QED) is 0.791. The zero-order valence-corrected chi connectivity index (χ0v) is 13.8. The van der Waals surface area contributed by atoms with Crippen molar-refractivity contribution in [3.05, 3.63) is 29.8 Å². The van der Waals surface area contributed by atoms with E-state index in [9.17, 15) is 9.59 Å². The average Bonchev–Trinajstić information content (AvgIpc) is 3.00. The van der Waals surface area contributed by atoms with E-state index in [1.165, 1.54) is 0 Å². The Kier molecular flexibility index (Phi) is 6.55. The lowest BCUT2D eigenvalue weighted by Gasteiger charge is -2.17. The van der Waals surface area contributed by atoms with Gasteiger partial charge in [-0.3, -0.25) is 14.5 Å². The van der Waals surface area contributed by atoms with Crippen LogP contribution in [0.4, 0.5) is 5.69 Å². The Balaban J connectivity index is 1.66. The number of nitrogens with zero attached hydrogens (tertiary/aromatic N) is 1. The Bertz CT molecular complexity index is 524. The molecule has 1 aliphatic rings. The van der Waals surface area contributed by atoms with Crippen LogP contribution >= 0.6 is 0 Å². The molecule has 2 N–H and O–H groups in total. The molecule has 6 heteroatoms. The fraction of sp³-hybridized carbons (Fsp3) is 0.529. The third kappa shape index (κ3) is 6.38. The van der Waals surface area contributed by atoms with Crippen LogP contribution in [0.5, 0.6) is 0 Å². The highest BCUT2D eigenvalue weighted by molar-refractivity contribution is 5.92. The molecule has 0 radical (unpaired) electrons. The predicted octanol–water partition coefficient (Wildman–Crippen LogP) is 1.16. The van der Waals surface area contributed by atoms with Crippen molar-refractivity contribution in [3.8, 4) is 0 Å². The van der Waals surface area contributed by atoms with Crippen molar-refractivity contribution < 1.29 is 14.3 Å². The van der Waals surface area contributed by atoms with Gasteiger partial charge in [0.15, 0.2) is 0 Å². The van der Waals surface area contributed by atoms with Gasteiger partial charge in [0.05, 0.1) is 19.2 Å². The molecule has 0 aliphatic carbocycles. The molecule has 1 aromatic carbocycles. The van der Waals surface area contributed by atoms with Crippen molar-refractivity contribution in [2.45, 2.75) is 25.9 Å². The minimum Gasteiger partial charge on any atom is -0.376 e. The molecule has 1 heterocycles. The largest absolute Gasteiger partial charge is 0.376 e. The normalized spacial score (nSPS) is 17.3. The Morgan fingerprint density at radius 3 is 2.57 bits per heavy atom. The second-order valence-corrected chi connectivity index (χ2v) is 6.03. The van der Waals surface area contributed by atoms with E-state index in [1.54, 1.807) is 11.9 Å². The van der Waals surface area contributed by atoms with Crippen molar-refractivity contribution in [1.82, 2.24) is 10.2 Å². The Morgan fingerprint density at radius 2 is 1.91 bits per heavy atom. The van der Waals surface area contributed by atoms with Crippen molar-refractivity contribution in [1.29, 1.82) is 0 Å². The van der Waals surface area contributed by atoms with Gasteiger partial charge in [0.2, 0.25) is 11.8 Å². The number of hydrogen-bond donors (Lipinski definition) is 2. The molecule has 0 aromatic heterocycles. The van der Waals surface area contributed by atoms with Crippen molar-refractivity contribution >= 4 is 17.5 Å². The van der Waals surface area contributed by atoms with E-state index < -0.39 is 0 Å². The topological polar surface area (TPSA) is 70.7 Å². The lowest BCUT2D eigenvalue weighted by molar-refractivity contribution is -0.123. The van der Waals surface area contributed by atoms with Gasteiger partial charge in [-0.15, -0.1) is 0 Å². The van der Waals surface area contributed by atoms with E-state index in [1.807, 2.05) is 31.2 Å². The zero-order valence-electron chi connectivity index (χ0n) is 13.8. The first kappa shape index (κ1) is 17.4. The van der Waals surface area contributed by atoms with Crippen LogP contribution in [-0.2, 0) is 14.3 Å². The molecule has 23 heavy (non-hydrogen) atoms. The third-order valence-electron chi connectivity index (χ3n) is 3.71. The minimum atomic E-state index is -0.136. The van der Waals surface area contributed by atoms with Gasteiger partial charge in [-0.1, -0.05) is 17.7 Å². The Morgan fingerprint density at radius 1 is 1.22 bits per heavy atom. The summed E-state index contributed by atoms with van der Waals surface area (Å²) in [5.74, 6) is -0.227. The van der Waals surface area contributed by atoms with E-state index in [4.69, 9.17) is 4.74 Å². The summed E-state index contributed by atoms with van der Waals surface area (Å²) in [6.45, 7) is 3.67. The third-order valence-corrected chi connectivity index (χ3v) is 3.71. The second kappa shape index (κ2) is 8.64. The molecule has 0 unspecified atom stereocenters. The number of nitrogens with one attached hydrogen (secondary N) is 2. The number of benzene rings is 1. The molecular formula is C17H25N3O3. The van der Waals surface area contributed by atoms with Gasteiger partial charge in [0.25, 0.3) is 0 Å². The highest BCUT2D eigenvalue weighted by atomic mass is 16.5. The Hall–Kier alpha value is -1.92. The van der Waals surface area contributed by atoms with E-state index in [0.29, 0.717) is 6.54 Å². The molecular weight excluding hydrogens is 294 g/mol. The summed E-state index contributed by atoms with van der Waals surface area (Å²) in [7, 11) is 1.75. The average molecular weight is 319 g/mol. The van der Waals surface area contributed by atoms with Crippen LogP contribution < -0.4 is 10.6 Å². The fourth-order valence-corrected chi connectivity index (χ4v) is 2.47. The van der Waals surface area contributed by atoms with Gasteiger partial charge in [-0.05, 0) is 38.9 Å². The van der Waals surface area contributed by atoms with Crippen LogP contribution in [0, 0.1) is 6.92 Å². The number of likely N-dealkylation sites (N-methyl/N-ethyl adjacent to an activating group) is 1. The Labute approximate surface area is 137 Å². The molecule has 126 valence electrons. The van der Waals surface area contributed by atoms with E-state index in [-0.39, 0.29) is 31.0 Å². The van der Waals surface area contributed by atoms with Crippen LogP contribution in [0.15, 0.2) is 24.3 Å². The van der Waals surface area contributed by atoms with E-state index in [0.717, 1.165) is 30.7 Å². The van der Waals surface area contributed by atoms with Gasteiger partial charge in [0.1, 0.15) is 0 Å². The van der Waals surface area contributed by atoms with E-state index in [2.05, 4.69) is 10.6 Å². The molecule has 0 bridgehead atoms. The molecule has 0 saturated carbocycles. The maximum absolute atomic E-state index is 12.0. The van der Waals surface area contributed by atoms with E-state index >= 15 is 0 Å². The van der Waals surface area contributed by atoms with Gasteiger partial charge in [-0.2, -0.15) is 0 Å². The maximum Gasteiger partial charge on any atom is 0.238 e. The molecule has 0 spiro atoms. The standard InChI is InChI=1S/C17H25N3O3/c1-13-5-7-14(8-6-13)19-17(22)12-20(2)11-16(21)18-10-15-4-3-9-23-15/h5-8,15H,3-4,9-12H2,1-2H3,(H,18,21)(H,19,22)/t15-/m1/s1. The number of ether oxygens (including phenoxy) is 1. The summed E-state index contributed by atoms with van der Waals surface area (Å²) < 4.78 is 5.46. The molecule has 2 amide bonds. The molecule has 1 atom stereocenters. The molecule has 1 saturated heterocycles. The monoisotopic (exact) mass is 319 g/mol.